The van der Waals surface area contributed by atoms with Crippen molar-refractivity contribution in [2.75, 3.05) is 0 Å². The summed E-state index contributed by atoms with van der Waals surface area (Å²) >= 11 is 0. The first-order valence-corrected chi connectivity index (χ1v) is 4.99. The predicted octanol–water partition coefficient (Wildman–Crippen LogP) is 3.56. The van der Waals surface area contributed by atoms with Gasteiger partial charge in [-0.2, -0.15) is 0 Å². The number of allylic oxidation sites excluding steroid dienone is 1. The fraction of sp³-hybridized carbons (Fsp3) is 0.385. The van der Waals surface area contributed by atoms with Gasteiger partial charge < -0.3 is 4.74 Å². The van der Waals surface area contributed by atoms with Gasteiger partial charge in [-0.05, 0) is 26.3 Å². The van der Waals surface area contributed by atoms with Gasteiger partial charge >= 0.3 is 0 Å². The van der Waals surface area contributed by atoms with Crippen LogP contribution in [0.1, 0.15) is 26.3 Å². The van der Waals surface area contributed by atoms with Crippen molar-refractivity contribution in [1.82, 2.24) is 0 Å². The Bertz CT molecular complexity index is 283. The van der Waals surface area contributed by atoms with Gasteiger partial charge in [0.15, 0.2) is 0 Å². The van der Waals surface area contributed by atoms with Crippen LogP contribution in [0.2, 0.25) is 0 Å². The summed E-state index contributed by atoms with van der Waals surface area (Å²) in [4.78, 5) is 0. The van der Waals surface area contributed by atoms with Gasteiger partial charge in [-0.25, -0.2) is 0 Å². The van der Waals surface area contributed by atoms with Crippen molar-refractivity contribution in [2.24, 2.45) is 0 Å². The van der Waals surface area contributed by atoms with Crippen molar-refractivity contribution in [3.05, 3.63) is 47.5 Å². The molecule has 0 bridgehead atoms. The molecule has 1 rings (SSSR count). The van der Waals surface area contributed by atoms with Crippen LogP contribution >= 0.6 is 0 Å². The monoisotopic (exact) mass is 190 g/mol. The minimum absolute atomic E-state index is 0.195. The highest BCUT2D eigenvalue weighted by Gasteiger charge is 1.97. The summed E-state index contributed by atoms with van der Waals surface area (Å²) in [5.74, 6) is 0. The Morgan fingerprint density at radius 2 is 1.93 bits per heavy atom. The summed E-state index contributed by atoms with van der Waals surface area (Å²) in [6, 6.07) is 10.2. The molecular formula is C13H18O. The first-order chi connectivity index (χ1) is 6.68. The van der Waals surface area contributed by atoms with E-state index in [-0.39, 0.29) is 6.10 Å². The molecule has 0 aliphatic heterocycles. The number of rotatable bonds is 4. The van der Waals surface area contributed by atoms with E-state index in [1.54, 1.807) is 0 Å². The van der Waals surface area contributed by atoms with E-state index in [1.165, 1.54) is 11.1 Å². The van der Waals surface area contributed by atoms with E-state index in [0.29, 0.717) is 6.61 Å². The molecule has 0 aromatic heterocycles. The lowest BCUT2D eigenvalue weighted by Crippen LogP contribution is -2.04. The molecule has 14 heavy (non-hydrogen) atoms. The van der Waals surface area contributed by atoms with Crippen molar-refractivity contribution < 1.29 is 4.74 Å². The van der Waals surface area contributed by atoms with Crippen LogP contribution in [-0.2, 0) is 11.3 Å². The molecule has 1 aromatic rings. The molecule has 0 heterocycles. The standard InChI is InChI=1S/C13H18O/c1-11(2)9-12(3)14-10-13-7-5-4-6-8-13/h4-9,12H,10H2,1-3H3/t12-/m1/s1. The van der Waals surface area contributed by atoms with E-state index in [0.717, 1.165) is 0 Å². The van der Waals surface area contributed by atoms with Crippen LogP contribution in [0.3, 0.4) is 0 Å². The second-order valence-corrected chi connectivity index (χ2v) is 3.75. The summed E-state index contributed by atoms with van der Waals surface area (Å²) in [7, 11) is 0. The average molecular weight is 190 g/mol. The van der Waals surface area contributed by atoms with Crippen molar-refractivity contribution in [3.63, 3.8) is 0 Å². The van der Waals surface area contributed by atoms with Gasteiger partial charge in [0.2, 0.25) is 0 Å². The highest BCUT2D eigenvalue weighted by atomic mass is 16.5. The number of hydrogen-bond donors (Lipinski definition) is 0. The molecule has 76 valence electrons. The van der Waals surface area contributed by atoms with Crippen LogP contribution in [-0.4, -0.2) is 6.10 Å². The van der Waals surface area contributed by atoms with E-state index < -0.39 is 0 Å². The molecule has 0 N–H and O–H groups in total. The smallest absolute Gasteiger partial charge is 0.0734 e. The Labute approximate surface area is 86.4 Å². The number of hydrogen-bond acceptors (Lipinski definition) is 1. The third-order valence-electron chi connectivity index (χ3n) is 1.92. The van der Waals surface area contributed by atoms with Gasteiger partial charge in [0.1, 0.15) is 0 Å². The number of benzene rings is 1. The molecule has 1 heteroatoms. The summed E-state index contributed by atoms with van der Waals surface area (Å²) in [6.45, 7) is 6.92. The topological polar surface area (TPSA) is 9.23 Å². The minimum atomic E-state index is 0.195. The lowest BCUT2D eigenvalue weighted by atomic mass is 10.2. The zero-order valence-electron chi connectivity index (χ0n) is 9.16. The van der Waals surface area contributed by atoms with Crippen molar-refractivity contribution in [2.45, 2.75) is 33.5 Å². The van der Waals surface area contributed by atoms with Gasteiger partial charge in [-0.1, -0.05) is 42.0 Å². The Morgan fingerprint density at radius 1 is 1.29 bits per heavy atom. The summed E-state index contributed by atoms with van der Waals surface area (Å²) < 4.78 is 5.66. The average Bonchev–Trinajstić information content (AvgIpc) is 2.15. The largest absolute Gasteiger partial charge is 0.370 e. The zero-order chi connectivity index (χ0) is 10.4. The van der Waals surface area contributed by atoms with Gasteiger partial charge in [0, 0.05) is 0 Å². The van der Waals surface area contributed by atoms with Crippen LogP contribution in [0.4, 0.5) is 0 Å². The summed E-state index contributed by atoms with van der Waals surface area (Å²) in [6.07, 6.45) is 2.32. The molecule has 1 aromatic carbocycles. The molecular weight excluding hydrogens is 172 g/mol. The van der Waals surface area contributed by atoms with Gasteiger partial charge in [0.05, 0.1) is 12.7 Å². The van der Waals surface area contributed by atoms with Crippen LogP contribution in [0, 0.1) is 0 Å². The molecule has 1 nitrogen and oxygen atoms in total. The SMILES string of the molecule is CC(C)=C[C@@H](C)OCc1ccccc1. The molecule has 0 spiro atoms. The molecule has 0 aliphatic rings. The zero-order valence-corrected chi connectivity index (χ0v) is 9.16. The second kappa shape index (κ2) is 5.61. The first-order valence-electron chi connectivity index (χ1n) is 4.99. The molecule has 1 atom stereocenters. The minimum Gasteiger partial charge on any atom is -0.370 e. The molecule has 0 amide bonds. The van der Waals surface area contributed by atoms with E-state index in [9.17, 15) is 0 Å². The van der Waals surface area contributed by atoms with Crippen molar-refractivity contribution in [1.29, 1.82) is 0 Å². The number of ether oxygens (including phenoxy) is 1. The summed E-state index contributed by atoms with van der Waals surface area (Å²) in [5, 5.41) is 0. The second-order valence-electron chi connectivity index (χ2n) is 3.75. The Hall–Kier alpha value is -1.08. The Kier molecular flexibility index (Phi) is 4.41. The maximum Gasteiger partial charge on any atom is 0.0734 e. The molecule has 0 fully saturated rings. The predicted molar refractivity (Wildman–Crippen MR) is 60.1 cm³/mol. The Balaban J connectivity index is 2.38. The van der Waals surface area contributed by atoms with E-state index >= 15 is 0 Å². The lowest BCUT2D eigenvalue weighted by Gasteiger charge is -2.09. The first kappa shape index (κ1) is 11.0. The van der Waals surface area contributed by atoms with E-state index in [4.69, 9.17) is 4.74 Å². The van der Waals surface area contributed by atoms with E-state index in [2.05, 4.69) is 39.0 Å². The lowest BCUT2D eigenvalue weighted by molar-refractivity contribution is 0.0836. The van der Waals surface area contributed by atoms with Crippen LogP contribution in [0.15, 0.2) is 42.0 Å². The van der Waals surface area contributed by atoms with Gasteiger partial charge in [-0.3, -0.25) is 0 Å². The van der Waals surface area contributed by atoms with Crippen molar-refractivity contribution >= 4 is 0 Å². The fourth-order valence-corrected chi connectivity index (χ4v) is 1.32. The van der Waals surface area contributed by atoms with Crippen LogP contribution < -0.4 is 0 Å². The molecule has 0 unspecified atom stereocenters. The highest BCUT2D eigenvalue weighted by molar-refractivity contribution is 5.13. The van der Waals surface area contributed by atoms with Crippen molar-refractivity contribution in [3.8, 4) is 0 Å². The molecule has 0 radical (unpaired) electrons. The Morgan fingerprint density at radius 3 is 2.50 bits per heavy atom. The molecule has 0 saturated heterocycles. The fourth-order valence-electron chi connectivity index (χ4n) is 1.32. The maximum atomic E-state index is 5.66. The van der Waals surface area contributed by atoms with Crippen LogP contribution in [0.5, 0.6) is 0 Å². The van der Waals surface area contributed by atoms with Gasteiger partial charge in [-0.15, -0.1) is 0 Å². The maximum absolute atomic E-state index is 5.66. The third kappa shape index (κ3) is 4.24. The summed E-state index contributed by atoms with van der Waals surface area (Å²) in [5.41, 5.74) is 2.52. The van der Waals surface area contributed by atoms with Gasteiger partial charge in [0.25, 0.3) is 0 Å². The quantitative estimate of drug-likeness (QED) is 0.660. The normalized spacial score (nSPS) is 12.2. The molecule has 0 aliphatic carbocycles. The highest BCUT2D eigenvalue weighted by Crippen LogP contribution is 2.05. The van der Waals surface area contributed by atoms with Crippen LogP contribution in [0.25, 0.3) is 0 Å². The third-order valence-corrected chi connectivity index (χ3v) is 1.92. The molecule has 0 saturated carbocycles. The van der Waals surface area contributed by atoms with E-state index in [1.807, 2.05) is 18.2 Å².